The molecule has 3 nitrogen and oxygen atoms in total. The molecule has 7 heteroatoms. The topological polar surface area (TPSA) is 39.9 Å². The molecule has 0 spiro atoms. The summed E-state index contributed by atoms with van der Waals surface area (Å²) < 4.78 is 37.7. The van der Waals surface area contributed by atoms with Crippen LogP contribution in [-0.4, -0.2) is 24.2 Å². The van der Waals surface area contributed by atoms with Gasteiger partial charge in [0.15, 0.2) is 0 Å². The van der Waals surface area contributed by atoms with E-state index in [1.165, 1.54) is 6.07 Å². The fourth-order valence-electron chi connectivity index (χ4n) is 2.15. The molecule has 1 aromatic rings. The summed E-state index contributed by atoms with van der Waals surface area (Å²) in [5.74, 6) is -0.789. The van der Waals surface area contributed by atoms with Crippen LogP contribution in [0.4, 0.5) is 19.0 Å². The number of nitriles is 1. The average molecular weight is 290 g/mol. The van der Waals surface area contributed by atoms with Gasteiger partial charge in [-0.2, -0.15) is 18.4 Å². The van der Waals surface area contributed by atoms with Gasteiger partial charge in [0.1, 0.15) is 11.0 Å². The molecular formula is C12H11ClF3N3. The van der Waals surface area contributed by atoms with Crippen molar-refractivity contribution in [3.05, 3.63) is 22.8 Å². The van der Waals surface area contributed by atoms with Gasteiger partial charge in [0, 0.05) is 13.1 Å². The van der Waals surface area contributed by atoms with Gasteiger partial charge in [0.25, 0.3) is 0 Å². The Kier molecular flexibility index (Phi) is 3.85. The van der Waals surface area contributed by atoms with E-state index in [0.717, 1.165) is 0 Å². The Bertz CT molecular complexity index is 502. The minimum atomic E-state index is -4.13. The summed E-state index contributed by atoms with van der Waals surface area (Å²) in [4.78, 5) is 5.78. The van der Waals surface area contributed by atoms with Crippen LogP contribution >= 0.6 is 11.6 Å². The van der Waals surface area contributed by atoms with Crippen molar-refractivity contribution in [3.63, 3.8) is 0 Å². The van der Waals surface area contributed by atoms with E-state index in [0.29, 0.717) is 11.4 Å². The fourth-order valence-corrected chi connectivity index (χ4v) is 2.35. The molecule has 0 N–H and O–H groups in total. The molecule has 1 aliphatic rings. The second-order valence-corrected chi connectivity index (χ2v) is 4.84. The van der Waals surface area contributed by atoms with Gasteiger partial charge >= 0.3 is 6.18 Å². The predicted octanol–water partition coefficient (Wildman–Crippen LogP) is 3.39. The van der Waals surface area contributed by atoms with Crippen LogP contribution in [0.1, 0.15) is 18.4 Å². The highest BCUT2D eigenvalue weighted by Crippen LogP contribution is 2.35. The largest absolute Gasteiger partial charge is 0.391 e. The molecule has 0 amide bonds. The van der Waals surface area contributed by atoms with Crippen LogP contribution in [0.25, 0.3) is 0 Å². The fraction of sp³-hybridized carbons (Fsp3) is 0.500. The molecule has 0 atom stereocenters. The first-order valence-corrected chi connectivity index (χ1v) is 6.17. The standard InChI is InChI=1S/C12H11ClF3N3/c13-10-5-8(7-17)6-11(18-10)19-3-1-9(2-4-19)12(14,15)16/h5-6,9H,1-4H2. The lowest BCUT2D eigenvalue weighted by Gasteiger charge is -2.33. The molecule has 0 aliphatic carbocycles. The molecule has 1 saturated heterocycles. The minimum Gasteiger partial charge on any atom is -0.357 e. The zero-order valence-electron chi connectivity index (χ0n) is 9.91. The normalized spacial score (nSPS) is 17.3. The SMILES string of the molecule is N#Cc1cc(Cl)nc(N2CCC(C(F)(F)F)CC2)c1. The summed E-state index contributed by atoms with van der Waals surface area (Å²) in [6.45, 7) is 0.533. The lowest BCUT2D eigenvalue weighted by atomic mass is 9.96. The van der Waals surface area contributed by atoms with Gasteiger partial charge in [-0.05, 0) is 25.0 Å². The molecule has 0 aromatic carbocycles. The van der Waals surface area contributed by atoms with E-state index in [-0.39, 0.29) is 31.1 Å². The first-order valence-electron chi connectivity index (χ1n) is 5.79. The monoisotopic (exact) mass is 289 g/mol. The number of aromatic nitrogens is 1. The summed E-state index contributed by atoms with van der Waals surface area (Å²) in [6.07, 6.45) is -4.05. The Labute approximate surface area is 113 Å². The number of anilines is 1. The molecule has 1 aliphatic heterocycles. The molecule has 0 radical (unpaired) electrons. The number of piperidine rings is 1. The highest BCUT2D eigenvalue weighted by molar-refractivity contribution is 6.29. The predicted molar refractivity (Wildman–Crippen MR) is 65.0 cm³/mol. The van der Waals surface area contributed by atoms with Crippen LogP contribution in [0.3, 0.4) is 0 Å². The first-order chi connectivity index (χ1) is 8.90. The van der Waals surface area contributed by atoms with Crippen LogP contribution in [-0.2, 0) is 0 Å². The number of halogens is 4. The van der Waals surface area contributed by atoms with Gasteiger partial charge < -0.3 is 4.90 Å². The molecule has 0 unspecified atom stereocenters. The number of pyridine rings is 1. The van der Waals surface area contributed by atoms with Gasteiger partial charge in [0.2, 0.25) is 0 Å². The second kappa shape index (κ2) is 5.25. The highest BCUT2D eigenvalue weighted by Gasteiger charge is 2.41. The van der Waals surface area contributed by atoms with Crippen LogP contribution in [0.15, 0.2) is 12.1 Å². The van der Waals surface area contributed by atoms with Crippen LogP contribution < -0.4 is 4.90 Å². The summed E-state index contributed by atoms with van der Waals surface area (Å²) in [5.41, 5.74) is 0.355. The molecule has 19 heavy (non-hydrogen) atoms. The van der Waals surface area contributed by atoms with Crippen molar-refractivity contribution < 1.29 is 13.2 Å². The quantitative estimate of drug-likeness (QED) is 0.744. The maximum atomic E-state index is 12.6. The third kappa shape index (κ3) is 3.29. The zero-order valence-corrected chi connectivity index (χ0v) is 10.7. The summed E-state index contributed by atoms with van der Waals surface area (Å²) >= 11 is 5.78. The van der Waals surface area contributed by atoms with Crippen LogP contribution in [0.2, 0.25) is 5.15 Å². The molecule has 2 rings (SSSR count). The van der Waals surface area contributed by atoms with E-state index < -0.39 is 12.1 Å². The van der Waals surface area contributed by atoms with Crippen molar-refractivity contribution in [2.45, 2.75) is 19.0 Å². The molecule has 2 heterocycles. The van der Waals surface area contributed by atoms with Crippen molar-refractivity contribution in [1.29, 1.82) is 5.26 Å². The van der Waals surface area contributed by atoms with Crippen molar-refractivity contribution in [2.24, 2.45) is 5.92 Å². The Morgan fingerprint density at radius 3 is 2.47 bits per heavy atom. The third-order valence-electron chi connectivity index (χ3n) is 3.19. The average Bonchev–Trinajstić information content (AvgIpc) is 2.37. The number of hydrogen-bond donors (Lipinski definition) is 0. The summed E-state index contributed by atoms with van der Waals surface area (Å²) in [5, 5.41) is 9.00. The molecule has 1 aromatic heterocycles. The van der Waals surface area contributed by atoms with E-state index in [2.05, 4.69) is 4.98 Å². The number of hydrogen-bond acceptors (Lipinski definition) is 3. The van der Waals surface area contributed by atoms with Gasteiger partial charge in [-0.15, -0.1) is 0 Å². The van der Waals surface area contributed by atoms with Crippen molar-refractivity contribution in [1.82, 2.24) is 4.98 Å². The van der Waals surface area contributed by atoms with Gasteiger partial charge in [-0.1, -0.05) is 11.6 Å². The van der Waals surface area contributed by atoms with Gasteiger partial charge in [-0.3, -0.25) is 0 Å². The number of nitrogens with zero attached hydrogens (tertiary/aromatic N) is 3. The molecule has 102 valence electrons. The molecule has 1 fully saturated rings. The van der Waals surface area contributed by atoms with E-state index >= 15 is 0 Å². The Balaban J connectivity index is 2.10. The highest BCUT2D eigenvalue weighted by atomic mass is 35.5. The lowest BCUT2D eigenvalue weighted by Crippen LogP contribution is -2.39. The van der Waals surface area contributed by atoms with Crippen molar-refractivity contribution in [3.8, 4) is 6.07 Å². The molecular weight excluding hydrogens is 279 g/mol. The van der Waals surface area contributed by atoms with E-state index in [9.17, 15) is 13.2 Å². The van der Waals surface area contributed by atoms with Gasteiger partial charge in [0.05, 0.1) is 17.6 Å². The Morgan fingerprint density at radius 1 is 1.32 bits per heavy atom. The van der Waals surface area contributed by atoms with E-state index in [1.807, 2.05) is 6.07 Å². The third-order valence-corrected chi connectivity index (χ3v) is 3.39. The van der Waals surface area contributed by atoms with Crippen molar-refractivity contribution in [2.75, 3.05) is 18.0 Å². The smallest absolute Gasteiger partial charge is 0.357 e. The Morgan fingerprint density at radius 2 is 1.95 bits per heavy atom. The van der Waals surface area contributed by atoms with Crippen molar-refractivity contribution >= 4 is 17.4 Å². The molecule has 0 saturated carbocycles. The zero-order chi connectivity index (χ0) is 14.0. The van der Waals surface area contributed by atoms with Crippen LogP contribution in [0, 0.1) is 17.2 Å². The second-order valence-electron chi connectivity index (χ2n) is 4.45. The summed E-state index contributed by atoms with van der Waals surface area (Å²) in [7, 11) is 0. The first kappa shape index (κ1) is 13.9. The molecule has 0 bridgehead atoms. The van der Waals surface area contributed by atoms with Gasteiger partial charge in [-0.25, -0.2) is 4.98 Å². The number of alkyl halides is 3. The lowest BCUT2D eigenvalue weighted by molar-refractivity contribution is -0.179. The Hall–Kier alpha value is -1.48. The van der Waals surface area contributed by atoms with E-state index in [4.69, 9.17) is 16.9 Å². The van der Waals surface area contributed by atoms with E-state index in [1.54, 1.807) is 11.0 Å². The number of rotatable bonds is 1. The maximum Gasteiger partial charge on any atom is 0.391 e. The maximum absolute atomic E-state index is 12.6. The minimum absolute atomic E-state index is 0.0413. The summed E-state index contributed by atoms with van der Waals surface area (Å²) in [6, 6.07) is 4.91. The van der Waals surface area contributed by atoms with Crippen LogP contribution in [0.5, 0.6) is 0 Å².